The van der Waals surface area contributed by atoms with Crippen molar-refractivity contribution in [3.8, 4) is 11.1 Å². The van der Waals surface area contributed by atoms with E-state index >= 15 is 0 Å². The smallest absolute Gasteiger partial charge is 0.263 e. The molecule has 0 aliphatic rings. The Kier molecular flexibility index (Phi) is 5.74. The highest BCUT2D eigenvalue weighted by atomic mass is 32.1. The van der Waals surface area contributed by atoms with Crippen LogP contribution < -0.4 is 10.9 Å². The number of hydrogen-bond acceptors (Lipinski definition) is 4. The van der Waals surface area contributed by atoms with Gasteiger partial charge >= 0.3 is 0 Å². The van der Waals surface area contributed by atoms with Crippen LogP contribution >= 0.6 is 11.3 Å². The number of aryl methyl sites for hydroxylation is 3. The third-order valence-corrected chi connectivity index (χ3v) is 6.40. The van der Waals surface area contributed by atoms with Crippen molar-refractivity contribution in [2.75, 3.05) is 5.32 Å². The average molecular weight is 432 g/mol. The number of nitrogens with zero attached hydrogens (tertiary/aromatic N) is 2. The van der Waals surface area contributed by atoms with Crippen molar-refractivity contribution in [3.63, 3.8) is 0 Å². The molecule has 158 valence electrons. The van der Waals surface area contributed by atoms with E-state index in [1.165, 1.54) is 22.2 Å². The van der Waals surface area contributed by atoms with Gasteiger partial charge in [0.2, 0.25) is 5.91 Å². The lowest BCUT2D eigenvalue weighted by molar-refractivity contribution is -0.119. The van der Waals surface area contributed by atoms with Crippen molar-refractivity contribution in [1.29, 1.82) is 0 Å². The van der Waals surface area contributed by atoms with E-state index in [1.54, 1.807) is 0 Å². The highest BCUT2D eigenvalue weighted by Gasteiger charge is 2.24. The first-order valence-electron chi connectivity index (χ1n) is 10.3. The number of rotatable bonds is 5. The van der Waals surface area contributed by atoms with Crippen molar-refractivity contribution < 1.29 is 4.79 Å². The molecule has 31 heavy (non-hydrogen) atoms. The van der Waals surface area contributed by atoms with Gasteiger partial charge in [-0.2, -0.15) is 0 Å². The molecule has 0 fully saturated rings. The number of benzene rings is 2. The molecule has 0 spiro atoms. The molecule has 2 aromatic heterocycles. The molecular formula is C25H25N3O2S. The molecule has 4 aromatic rings. The maximum Gasteiger partial charge on any atom is 0.263 e. The molecule has 1 N–H and O–H groups in total. The summed E-state index contributed by atoms with van der Waals surface area (Å²) in [6, 6.07) is 15.1. The van der Waals surface area contributed by atoms with E-state index in [2.05, 4.69) is 16.4 Å². The topological polar surface area (TPSA) is 64.0 Å². The molecule has 2 aromatic carbocycles. The van der Waals surface area contributed by atoms with Crippen LogP contribution in [0.1, 0.15) is 35.4 Å². The fourth-order valence-electron chi connectivity index (χ4n) is 4.07. The fourth-order valence-corrected chi connectivity index (χ4v) is 5.07. The van der Waals surface area contributed by atoms with E-state index in [4.69, 9.17) is 0 Å². The predicted octanol–water partition coefficient (Wildman–Crippen LogP) is 5.64. The first kappa shape index (κ1) is 21.0. The molecular weight excluding hydrogens is 406 g/mol. The van der Waals surface area contributed by atoms with Gasteiger partial charge in [0, 0.05) is 16.1 Å². The molecule has 1 unspecified atom stereocenters. The molecule has 2 heterocycles. The van der Waals surface area contributed by atoms with Crippen molar-refractivity contribution in [2.45, 2.75) is 40.2 Å². The van der Waals surface area contributed by atoms with Crippen LogP contribution in [0.15, 0.2) is 59.7 Å². The van der Waals surface area contributed by atoms with E-state index in [-0.39, 0.29) is 11.5 Å². The van der Waals surface area contributed by atoms with Gasteiger partial charge in [-0.25, -0.2) is 4.98 Å². The van der Waals surface area contributed by atoms with Gasteiger partial charge in [-0.1, -0.05) is 43.3 Å². The van der Waals surface area contributed by atoms with Crippen LogP contribution in [-0.2, 0) is 4.79 Å². The number of aromatic nitrogens is 2. The Morgan fingerprint density at radius 2 is 1.77 bits per heavy atom. The molecule has 0 aliphatic carbocycles. The summed E-state index contributed by atoms with van der Waals surface area (Å²) in [6.07, 6.45) is 1.98. The van der Waals surface area contributed by atoms with Gasteiger partial charge in [0.25, 0.3) is 5.56 Å². The predicted molar refractivity (Wildman–Crippen MR) is 128 cm³/mol. The van der Waals surface area contributed by atoms with Gasteiger partial charge < -0.3 is 5.32 Å². The number of amides is 1. The van der Waals surface area contributed by atoms with Gasteiger partial charge in [-0.05, 0) is 56.0 Å². The summed E-state index contributed by atoms with van der Waals surface area (Å²) in [5, 5.41) is 3.55. The van der Waals surface area contributed by atoms with Crippen LogP contribution in [0, 0.1) is 20.8 Å². The summed E-state index contributed by atoms with van der Waals surface area (Å²) in [5.41, 5.74) is 4.58. The van der Waals surface area contributed by atoms with Gasteiger partial charge in [0.05, 0.1) is 11.7 Å². The maximum absolute atomic E-state index is 13.6. The van der Waals surface area contributed by atoms with Crippen molar-refractivity contribution in [3.05, 3.63) is 81.2 Å². The Morgan fingerprint density at radius 1 is 1.10 bits per heavy atom. The molecule has 0 aliphatic heterocycles. The Morgan fingerprint density at radius 3 is 2.42 bits per heavy atom. The molecule has 0 bridgehead atoms. The van der Waals surface area contributed by atoms with Gasteiger partial charge in [-0.15, -0.1) is 11.3 Å². The Labute approximate surface area is 185 Å². The molecule has 5 nitrogen and oxygen atoms in total. The number of carbonyl (C=O) groups is 1. The number of thiophene rings is 1. The average Bonchev–Trinajstić information content (AvgIpc) is 3.07. The summed E-state index contributed by atoms with van der Waals surface area (Å²) in [7, 11) is 0. The Hall–Kier alpha value is -3.25. The normalized spacial score (nSPS) is 12.1. The SMILES string of the molecule is CCC(C(=O)Nc1cc(C)cc(C)c1)n1cnc2sc(C)c(-c3ccccc3)c2c1=O. The molecule has 0 saturated carbocycles. The van der Waals surface area contributed by atoms with Crippen LogP contribution in [0.3, 0.4) is 0 Å². The summed E-state index contributed by atoms with van der Waals surface area (Å²) in [4.78, 5) is 32.9. The Balaban J connectivity index is 1.78. The van der Waals surface area contributed by atoms with E-state index in [9.17, 15) is 9.59 Å². The lowest BCUT2D eigenvalue weighted by Gasteiger charge is -2.18. The summed E-state index contributed by atoms with van der Waals surface area (Å²) in [5.74, 6) is -0.219. The summed E-state index contributed by atoms with van der Waals surface area (Å²) >= 11 is 1.50. The zero-order valence-electron chi connectivity index (χ0n) is 18.1. The third-order valence-electron chi connectivity index (χ3n) is 5.39. The second-order valence-corrected chi connectivity index (χ2v) is 9.03. The number of anilines is 1. The highest BCUT2D eigenvalue weighted by molar-refractivity contribution is 7.19. The first-order chi connectivity index (χ1) is 14.9. The minimum atomic E-state index is -0.644. The third kappa shape index (κ3) is 4.03. The molecule has 4 rings (SSSR count). The van der Waals surface area contributed by atoms with E-state index in [0.29, 0.717) is 16.6 Å². The molecule has 0 radical (unpaired) electrons. The molecule has 6 heteroatoms. The van der Waals surface area contributed by atoms with Crippen LogP contribution in [-0.4, -0.2) is 15.5 Å². The van der Waals surface area contributed by atoms with Gasteiger partial charge in [-0.3, -0.25) is 14.2 Å². The number of nitrogens with one attached hydrogen (secondary N) is 1. The lowest BCUT2D eigenvalue weighted by atomic mass is 10.0. The van der Waals surface area contributed by atoms with E-state index in [0.717, 1.165) is 32.8 Å². The molecule has 1 amide bonds. The number of carbonyl (C=O) groups excluding carboxylic acids is 1. The minimum absolute atomic E-state index is 0.185. The highest BCUT2D eigenvalue weighted by Crippen LogP contribution is 2.35. The maximum atomic E-state index is 13.6. The second-order valence-electron chi connectivity index (χ2n) is 7.83. The zero-order chi connectivity index (χ0) is 22.1. The number of fused-ring (bicyclic) bond motifs is 1. The fraction of sp³-hybridized carbons (Fsp3) is 0.240. The molecule has 0 saturated heterocycles. The minimum Gasteiger partial charge on any atom is -0.324 e. The largest absolute Gasteiger partial charge is 0.324 e. The lowest BCUT2D eigenvalue weighted by Crippen LogP contribution is -2.33. The first-order valence-corrected chi connectivity index (χ1v) is 11.2. The van der Waals surface area contributed by atoms with Crippen LogP contribution in [0.4, 0.5) is 5.69 Å². The van der Waals surface area contributed by atoms with E-state index in [1.807, 2.05) is 70.2 Å². The van der Waals surface area contributed by atoms with Crippen LogP contribution in [0.5, 0.6) is 0 Å². The standard InChI is InChI=1S/C25H25N3O2S/c1-5-20(23(29)27-19-12-15(2)11-16(3)13-19)28-14-26-24-22(25(28)30)21(17(4)31-24)18-9-7-6-8-10-18/h6-14,20H,5H2,1-4H3,(H,27,29). The summed E-state index contributed by atoms with van der Waals surface area (Å²) in [6.45, 7) is 7.89. The van der Waals surface area contributed by atoms with Crippen molar-refractivity contribution in [1.82, 2.24) is 9.55 Å². The van der Waals surface area contributed by atoms with Crippen LogP contribution in [0.25, 0.3) is 21.3 Å². The van der Waals surface area contributed by atoms with Crippen molar-refractivity contribution in [2.24, 2.45) is 0 Å². The van der Waals surface area contributed by atoms with Crippen molar-refractivity contribution >= 4 is 33.1 Å². The molecule has 1 atom stereocenters. The van der Waals surface area contributed by atoms with Gasteiger partial charge in [0.1, 0.15) is 10.9 Å². The zero-order valence-corrected chi connectivity index (χ0v) is 18.9. The van der Waals surface area contributed by atoms with Gasteiger partial charge in [0.15, 0.2) is 0 Å². The quantitative estimate of drug-likeness (QED) is 0.445. The van der Waals surface area contributed by atoms with Crippen LogP contribution in [0.2, 0.25) is 0 Å². The van der Waals surface area contributed by atoms with E-state index < -0.39 is 6.04 Å². The monoisotopic (exact) mass is 431 g/mol. The number of hydrogen-bond donors (Lipinski definition) is 1. The Bertz CT molecular complexity index is 1300. The second kappa shape index (κ2) is 8.47. The summed E-state index contributed by atoms with van der Waals surface area (Å²) < 4.78 is 1.47.